The van der Waals surface area contributed by atoms with Crippen LogP contribution in [0.3, 0.4) is 0 Å². The molecule has 0 radical (unpaired) electrons. The van der Waals surface area contributed by atoms with E-state index in [-0.39, 0.29) is 26.5 Å². The van der Waals surface area contributed by atoms with Gasteiger partial charge in [0.05, 0.1) is 22.0 Å². The molecule has 0 aromatic heterocycles. The van der Waals surface area contributed by atoms with Crippen molar-refractivity contribution in [3.8, 4) is 0 Å². The van der Waals surface area contributed by atoms with Crippen LogP contribution < -0.4 is 0 Å². The Kier molecular flexibility index (Phi) is 9.18. The lowest BCUT2D eigenvalue weighted by atomic mass is 9.44. The molecule has 46 heavy (non-hydrogen) atoms. The average Bonchev–Trinajstić information content (AvgIpc) is 3.35. The monoisotopic (exact) mass is 668 g/mol. The number of allylic oxidation sites excluding steroid dienone is 1. The Balaban J connectivity index is 1.32. The molecule has 4 aliphatic carbocycles. The fraction of sp³-hybridized carbons (Fsp3) is 0.632. The third-order valence-corrected chi connectivity index (χ3v) is 15.8. The fourth-order valence-corrected chi connectivity index (χ4v) is 12.9. The molecule has 0 spiro atoms. The summed E-state index contributed by atoms with van der Waals surface area (Å²) in [5.74, 6) is 2.41. The molecule has 0 bridgehead atoms. The van der Waals surface area contributed by atoms with Crippen LogP contribution >= 0.6 is 0 Å². The zero-order chi connectivity index (χ0) is 33.1. The highest BCUT2D eigenvalue weighted by Gasteiger charge is 2.63. The van der Waals surface area contributed by atoms with Crippen molar-refractivity contribution in [2.24, 2.45) is 46.3 Å². The van der Waals surface area contributed by atoms with Gasteiger partial charge in [0.1, 0.15) is 0 Å². The van der Waals surface area contributed by atoms with Crippen LogP contribution in [0, 0.1) is 60.2 Å². The van der Waals surface area contributed by atoms with Crippen LogP contribution in [0.5, 0.6) is 0 Å². The van der Waals surface area contributed by atoms with E-state index in [1.807, 2.05) is 13.8 Å². The minimum Gasteiger partial charge on any atom is -0.263 e. The highest BCUT2D eigenvalue weighted by Crippen LogP contribution is 2.69. The molecule has 0 saturated heterocycles. The Morgan fingerprint density at radius 1 is 0.761 bits per heavy atom. The number of benzene rings is 2. The van der Waals surface area contributed by atoms with E-state index in [1.165, 1.54) is 19.3 Å². The summed E-state index contributed by atoms with van der Waals surface area (Å²) >= 11 is 0. The van der Waals surface area contributed by atoms with Gasteiger partial charge in [0.2, 0.25) is 0 Å². The maximum absolute atomic E-state index is 13.8. The van der Waals surface area contributed by atoms with Gasteiger partial charge in [-0.1, -0.05) is 62.2 Å². The molecule has 0 unspecified atom stereocenters. The molecule has 6 rings (SSSR count). The lowest BCUT2D eigenvalue weighted by Crippen LogP contribution is -2.59. The van der Waals surface area contributed by atoms with Gasteiger partial charge in [-0.15, -0.1) is 6.58 Å². The van der Waals surface area contributed by atoms with Gasteiger partial charge >= 0.3 is 0 Å². The lowest BCUT2D eigenvalue weighted by molar-refractivity contribution is -0.162. The topological polar surface area (TPSA) is 86.7 Å². The SMILES string of the molecule is C=CC[C@@H](C)[C@H]1CC[C@H]2[C@@H]3C[C@H](OS(=O)(=O)c4ccc(C)cc4)[C@@H]4C[C@H](OS(=O)(=O)c5ccc(C)cc5)CC[C@]4(C)[C@H]3CC[C@]12C. The summed E-state index contributed by atoms with van der Waals surface area (Å²) in [7, 11) is -7.99. The Labute approximate surface area is 277 Å². The number of rotatable bonds is 9. The van der Waals surface area contributed by atoms with E-state index in [4.69, 9.17) is 8.37 Å². The van der Waals surface area contributed by atoms with E-state index in [0.717, 1.165) is 30.4 Å². The zero-order valence-electron chi connectivity index (χ0n) is 28.2. The average molecular weight is 669 g/mol. The lowest BCUT2D eigenvalue weighted by Gasteiger charge is -2.62. The van der Waals surface area contributed by atoms with Gasteiger partial charge in [0.15, 0.2) is 0 Å². The molecule has 4 fully saturated rings. The molecular weight excluding hydrogens is 617 g/mol. The Bertz CT molecular complexity index is 1630. The largest absolute Gasteiger partial charge is 0.297 e. The van der Waals surface area contributed by atoms with Gasteiger partial charge in [-0.2, -0.15) is 16.8 Å². The summed E-state index contributed by atoms with van der Waals surface area (Å²) in [4.78, 5) is 0.318. The first-order chi connectivity index (χ1) is 21.7. The van der Waals surface area contributed by atoms with Crippen molar-refractivity contribution in [1.82, 2.24) is 0 Å². The molecule has 6 nitrogen and oxygen atoms in total. The first-order valence-electron chi connectivity index (χ1n) is 17.3. The van der Waals surface area contributed by atoms with Crippen molar-refractivity contribution in [3.05, 3.63) is 72.3 Å². The van der Waals surface area contributed by atoms with Gasteiger partial charge in [0, 0.05) is 0 Å². The number of fused-ring (bicyclic) bond motifs is 5. The van der Waals surface area contributed by atoms with E-state index in [2.05, 4.69) is 33.4 Å². The van der Waals surface area contributed by atoms with Crippen molar-refractivity contribution in [2.45, 2.75) is 114 Å². The predicted molar refractivity (Wildman–Crippen MR) is 181 cm³/mol. The van der Waals surface area contributed by atoms with Crippen LogP contribution in [0.1, 0.15) is 89.7 Å². The van der Waals surface area contributed by atoms with Crippen LogP contribution in [0.25, 0.3) is 0 Å². The summed E-state index contributed by atoms with van der Waals surface area (Å²) in [6.45, 7) is 15.1. The summed E-state index contributed by atoms with van der Waals surface area (Å²) in [5, 5.41) is 0. The molecule has 0 heterocycles. The number of hydrogen-bond acceptors (Lipinski definition) is 6. The molecule has 8 heteroatoms. The minimum absolute atomic E-state index is 0.137. The van der Waals surface area contributed by atoms with E-state index in [1.54, 1.807) is 48.5 Å². The summed E-state index contributed by atoms with van der Waals surface area (Å²) < 4.78 is 66.5. The van der Waals surface area contributed by atoms with Gasteiger partial charge in [0.25, 0.3) is 20.2 Å². The van der Waals surface area contributed by atoms with Crippen molar-refractivity contribution in [3.63, 3.8) is 0 Å². The van der Waals surface area contributed by atoms with Crippen LogP contribution in [-0.4, -0.2) is 29.0 Å². The highest BCUT2D eigenvalue weighted by atomic mass is 32.2. The van der Waals surface area contributed by atoms with Crippen LogP contribution in [0.2, 0.25) is 0 Å². The van der Waals surface area contributed by atoms with E-state index in [0.29, 0.717) is 48.9 Å². The number of aryl methyl sites for hydroxylation is 2. The molecular formula is C38H52O6S2. The third-order valence-electron chi connectivity index (χ3n) is 13.0. The Morgan fingerprint density at radius 3 is 1.89 bits per heavy atom. The van der Waals surface area contributed by atoms with E-state index >= 15 is 0 Å². The first kappa shape index (κ1) is 33.9. The minimum atomic E-state index is -4.03. The quantitative estimate of drug-likeness (QED) is 0.196. The maximum atomic E-state index is 13.8. The Morgan fingerprint density at radius 2 is 1.30 bits per heavy atom. The smallest absolute Gasteiger partial charge is 0.263 e. The molecule has 4 saturated carbocycles. The highest BCUT2D eigenvalue weighted by molar-refractivity contribution is 7.87. The van der Waals surface area contributed by atoms with E-state index < -0.39 is 32.4 Å². The molecule has 10 atom stereocenters. The first-order valence-corrected chi connectivity index (χ1v) is 20.1. The van der Waals surface area contributed by atoms with Crippen LogP contribution in [0.4, 0.5) is 0 Å². The molecule has 2 aromatic rings. The van der Waals surface area contributed by atoms with Crippen LogP contribution in [0.15, 0.2) is 71.0 Å². The Hall–Kier alpha value is -2.00. The van der Waals surface area contributed by atoms with Crippen molar-refractivity contribution in [2.75, 3.05) is 0 Å². The van der Waals surface area contributed by atoms with Gasteiger partial charge < -0.3 is 0 Å². The molecule has 4 aliphatic rings. The van der Waals surface area contributed by atoms with Crippen LogP contribution in [-0.2, 0) is 28.6 Å². The van der Waals surface area contributed by atoms with Gasteiger partial charge in [-0.05, 0) is 142 Å². The molecule has 0 aliphatic heterocycles. The second-order valence-electron chi connectivity index (χ2n) is 15.6. The van der Waals surface area contributed by atoms with Gasteiger partial charge in [-0.3, -0.25) is 8.37 Å². The van der Waals surface area contributed by atoms with Crippen molar-refractivity contribution in [1.29, 1.82) is 0 Å². The molecule has 0 N–H and O–H groups in total. The van der Waals surface area contributed by atoms with Gasteiger partial charge in [-0.25, -0.2) is 0 Å². The molecule has 2 aromatic carbocycles. The standard InChI is InChI=1S/C38H52O6S2/c1-7-8-27(4)32-17-18-33-31-24-36(44-46(41,42)30-15-11-26(3)12-16-30)35-23-28(43-45(39,40)29-13-9-25(2)10-14-29)19-21-38(35,6)34(31)20-22-37(32,33)5/h7,9-16,27-28,31-36H,1,8,17-24H2,2-6H3/t27-,28-,31+,32-,33+,34+,35+,36+,37-,38-/m1/s1. The maximum Gasteiger partial charge on any atom is 0.297 e. The fourth-order valence-electron chi connectivity index (χ4n) is 10.7. The summed E-state index contributed by atoms with van der Waals surface area (Å²) in [6.07, 6.45) is 9.23. The summed E-state index contributed by atoms with van der Waals surface area (Å²) in [5.41, 5.74) is 2.01. The second-order valence-corrected chi connectivity index (χ2v) is 18.8. The van der Waals surface area contributed by atoms with Crippen molar-refractivity contribution >= 4 is 20.2 Å². The predicted octanol–water partition coefficient (Wildman–Crippen LogP) is 8.63. The molecule has 0 amide bonds. The van der Waals surface area contributed by atoms with Crippen molar-refractivity contribution < 1.29 is 25.2 Å². The molecule has 252 valence electrons. The third kappa shape index (κ3) is 6.05. The normalized spacial score (nSPS) is 36.7. The number of hydrogen-bond donors (Lipinski definition) is 0. The second kappa shape index (κ2) is 12.5. The summed E-state index contributed by atoms with van der Waals surface area (Å²) in [6, 6.07) is 13.6. The zero-order valence-corrected chi connectivity index (χ0v) is 29.8. The van der Waals surface area contributed by atoms with E-state index in [9.17, 15) is 16.8 Å².